The summed E-state index contributed by atoms with van der Waals surface area (Å²) in [5, 5.41) is 6.24. The minimum absolute atomic E-state index is 0.0357. The third-order valence-electron chi connectivity index (χ3n) is 8.54. The first-order chi connectivity index (χ1) is 19.1. The summed E-state index contributed by atoms with van der Waals surface area (Å²) in [5.74, 6) is -0.306. The lowest BCUT2D eigenvalue weighted by Gasteiger charge is -2.58. The van der Waals surface area contributed by atoms with Crippen molar-refractivity contribution in [3.63, 3.8) is 0 Å². The molecule has 1 spiro atoms. The first-order valence-corrected chi connectivity index (χ1v) is 14.2. The number of alkyl halides is 4. The smallest absolute Gasteiger partial charge is 0.282 e. The summed E-state index contributed by atoms with van der Waals surface area (Å²) in [6, 6.07) is 8.96. The lowest BCUT2D eigenvalue weighted by Crippen LogP contribution is -2.63. The van der Waals surface area contributed by atoms with Crippen LogP contribution >= 0.6 is 11.3 Å². The van der Waals surface area contributed by atoms with Crippen LogP contribution in [0.15, 0.2) is 35.7 Å². The first kappa shape index (κ1) is 26.9. The van der Waals surface area contributed by atoms with Crippen LogP contribution in [0.1, 0.15) is 88.5 Å². The van der Waals surface area contributed by atoms with Gasteiger partial charge in [-0.15, -0.1) is 11.3 Å². The third kappa shape index (κ3) is 4.80. The second-order valence-electron chi connectivity index (χ2n) is 11.2. The van der Waals surface area contributed by atoms with Gasteiger partial charge >= 0.3 is 0 Å². The van der Waals surface area contributed by atoms with E-state index in [2.05, 4.69) is 22.2 Å². The molecule has 0 N–H and O–H groups in total. The lowest BCUT2D eigenvalue weighted by atomic mass is 9.58. The number of carbonyl (C=O) groups excluding carboxylic acids is 2. The number of aryl methyl sites for hydroxylation is 1. The SMILES string of the molecule is CN(C(=O)c1csc(C2CC3(C2)CN(C(=O)Cn2nc(C(F)F)cc2C(F)F)C3)n1)C1CCCc2ccccc21. The minimum atomic E-state index is -3.00. The number of hydrogen-bond acceptors (Lipinski definition) is 5. The summed E-state index contributed by atoms with van der Waals surface area (Å²) in [4.78, 5) is 34.0. The van der Waals surface area contributed by atoms with Crippen molar-refractivity contribution in [3.05, 3.63) is 68.9 Å². The Balaban J connectivity index is 1.03. The van der Waals surface area contributed by atoms with E-state index >= 15 is 0 Å². The summed E-state index contributed by atoms with van der Waals surface area (Å²) >= 11 is 1.48. The van der Waals surface area contributed by atoms with Crippen LogP contribution in [0, 0.1) is 5.41 Å². The maximum atomic E-state index is 13.3. The Labute approximate surface area is 232 Å². The van der Waals surface area contributed by atoms with Gasteiger partial charge in [0.1, 0.15) is 23.6 Å². The van der Waals surface area contributed by atoms with Crippen molar-refractivity contribution in [2.75, 3.05) is 20.1 Å². The quantitative estimate of drug-likeness (QED) is 0.336. The number of thiazole rings is 1. The zero-order valence-corrected chi connectivity index (χ0v) is 22.7. The topological polar surface area (TPSA) is 71.3 Å². The molecule has 12 heteroatoms. The molecular formula is C28H29F4N5O2S. The summed E-state index contributed by atoms with van der Waals surface area (Å²) in [5.41, 5.74) is 1.45. The predicted molar refractivity (Wildman–Crippen MR) is 139 cm³/mol. The molecule has 3 aromatic rings. The van der Waals surface area contributed by atoms with Crippen molar-refractivity contribution in [2.45, 2.75) is 63.5 Å². The van der Waals surface area contributed by atoms with E-state index in [1.165, 1.54) is 22.5 Å². The van der Waals surface area contributed by atoms with Gasteiger partial charge in [-0.1, -0.05) is 24.3 Å². The Morgan fingerprint density at radius 3 is 2.62 bits per heavy atom. The van der Waals surface area contributed by atoms with E-state index in [0.717, 1.165) is 37.1 Å². The molecule has 1 aliphatic heterocycles. The van der Waals surface area contributed by atoms with Crippen LogP contribution in [0.25, 0.3) is 0 Å². The molecule has 2 aromatic heterocycles. The molecule has 0 bridgehead atoms. The van der Waals surface area contributed by atoms with Gasteiger partial charge in [-0.3, -0.25) is 14.3 Å². The molecule has 1 aromatic carbocycles. The van der Waals surface area contributed by atoms with Gasteiger partial charge in [0.15, 0.2) is 0 Å². The third-order valence-corrected chi connectivity index (χ3v) is 9.55. The second-order valence-corrected chi connectivity index (χ2v) is 12.1. The molecular weight excluding hydrogens is 546 g/mol. The van der Waals surface area contributed by atoms with Crippen LogP contribution in [-0.2, 0) is 17.8 Å². The standard InChI is InChI=1S/C28H29F4N5O2S/c1-35(21-8-4-6-16-5-2-3-7-18(16)21)27(39)20-13-40-26(33-20)17-10-28(11-17)14-36(15-28)23(38)12-37-22(25(31)32)9-19(34-37)24(29)30/h2-3,5,7,9,13,17,21,24-25H,4,6,8,10-12,14-15H2,1H3. The van der Waals surface area contributed by atoms with Gasteiger partial charge in [0.25, 0.3) is 18.8 Å². The predicted octanol–water partition coefficient (Wildman–Crippen LogP) is 5.77. The Hall–Kier alpha value is -3.28. The van der Waals surface area contributed by atoms with Gasteiger partial charge in [0, 0.05) is 36.9 Å². The zero-order valence-electron chi connectivity index (χ0n) is 21.9. The average molecular weight is 576 g/mol. The Morgan fingerprint density at radius 1 is 1.15 bits per heavy atom. The number of likely N-dealkylation sites (tertiary alicyclic amines) is 1. The highest BCUT2D eigenvalue weighted by Crippen LogP contribution is 2.56. The number of hydrogen-bond donors (Lipinski definition) is 0. The van der Waals surface area contributed by atoms with E-state index in [1.807, 2.05) is 24.6 Å². The molecule has 40 heavy (non-hydrogen) atoms. The van der Waals surface area contributed by atoms with Gasteiger partial charge in [-0.25, -0.2) is 22.5 Å². The molecule has 2 fully saturated rings. The van der Waals surface area contributed by atoms with Crippen LogP contribution in [0.2, 0.25) is 0 Å². The Bertz CT molecular complexity index is 1430. The molecule has 212 valence electrons. The largest absolute Gasteiger partial charge is 0.340 e. The zero-order chi connectivity index (χ0) is 28.2. The summed E-state index contributed by atoms with van der Waals surface area (Å²) in [7, 11) is 1.84. The number of rotatable bonds is 7. The maximum Gasteiger partial charge on any atom is 0.282 e. The van der Waals surface area contributed by atoms with Crippen LogP contribution in [-0.4, -0.2) is 56.5 Å². The molecule has 1 saturated heterocycles. The minimum Gasteiger partial charge on any atom is -0.340 e. The summed E-state index contributed by atoms with van der Waals surface area (Å²) < 4.78 is 53.0. The number of amides is 2. The highest BCUT2D eigenvalue weighted by atomic mass is 32.1. The highest BCUT2D eigenvalue weighted by Gasteiger charge is 2.54. The van der Waals surface area contributed by atoms with E-state index in [1.54, 1.807) is 9.80 Å². The lowest BCUT2D eigenvalue weighted by molar-refractivity contribution is -0.152. The van der Waals surface area contributed by atoms with E-state index in [4.69, 9.17) is 0 Å². The van der Waals surface area contributed by atoms with Crippen molar-refractivity contribution < 1.29 is 27.2 Å². The van der Waals surface area contributed by atoms with Crippen LogP contribution in [0.3, 0.4) is 0 Å². The molecule has 6 rings (SSSR count). The molecule has 0 radical (unpaired) electrons. The maximum absolute atomic E-state index is 13.3. The van der Waals surface area contributed by atoms with Gasteiger partial charge in [-0.05, 0) is 49.3 Å². The fourth-order valence-electron chi connectivity index (χ4n) is 6.47. The number of nitrogens with zero attached hydrogens (tertiary/aromatic N) is 5. The number of carbonyl (C=O) groups is 2. The van der Waals surface area contributed by atoms with Crippen molar-refractivity contribution in [2.24, 2.45) is 5.41 Å². The van der Waals surface area contributed by atoms with Crippen molar-refractivity contribution in [1.82, 2.24) is 24.6 Å². The van der Waals surface area contributed by atoms with Crippen molar-refractivity contribution in [3.8, 4) is 0 Å². The Morgan fingerprint density at radius 2 is 1.90 bits per heavy atom. The molecule has 2 amide bonds. The van der Waals surface area contributed by atoms with E-state index in [-0.39, 0.29) is 23.3 Å². The normalized spacial score (nSPS) is 20.0. The fraction of sp³-hybridized carbons (Fsp3) is 0.500. The number of aromatic nitrogens is 3. The number of fused-ring (bicyclic) bond motifs is 1. The molecule has 2 aliphatic carbocycles. The first-order valence-electron chi connectivity index (χ1n) is 13.4. The van der Waals surface area contributed by atoms with Crippen molar-refractivity contribution in [1.29, 1.82) is 0 Å². The highest BCUT2D eigenvalue weighted by molar-refractivity contribution is 7.10. The van der Waals surface area contributed by atoms with E-state index in [9.17, 15) is 27.2 Å². The van der Waals surface area contributed by atoms with Crippen molar-refractivity contribution >= 4 is 23.2 Å². The number of halogens is 4. The Kier molecular flexibility index (Phi) is 6.92. The van der Waals surface area contributed by atoms with Crippen LogP contribution in [0.5, 0.6) is 0 Å². The average Bonchev–Trinajstić information content (AvgIpc) is 3.54. The van der Waals surface area contributed by atoms with Crippen LogP contribution < -0.4 is 0 Å². The molecule has 1 atom stereocenters. The van der Waals surface area contributed by atoms with Gasteiger partial charge < -0.3 is 9.80 Å². The van der Waals surface area contributed by atoms with Gasteiger partial charge in [0.05, 0.1) is 11.0 Å². The molecule has 3 heterocycles. The fourth-order valence-corrected chi connectivity index (χ4v) is 7.37. The monoisotopic (exact) mass is 575 g/mol. The number of benzene rings is 1. The molecule has 1 saturated carbocycles. The van der Waals surface area contributed by atoms with Gasteiger partial charge in [0.2, 0.25) is 5.91 Å². The molecule has 1 unspecified atom stereocenters. The molecule has 3 aliphatic rings. The summed E-state index contributed by atoms with van der Waals surface area (Å²) in [6.07, 6.45) is -1.35. The second kappa shape index (κ2) is 10.3. The van der Waals surface area contributed by atoms with E-state index in [0.29, 0.717) is 29.5 Å². The van der Waals surface area contributed by atoms with E-state index < -0.39 is 36.7 Å². The van der Waals surface area contributed by atoms with Crippen LogP contribution in [0.4, 0.5) is 17.6 Å². The summed E-state index contributed by atoms with van der Waals surface area (Å²) in [6.45, 7) is 0.468. The molecule has 7 nitrogen and oxygen atoms in total. The van der Waals surface area contributed by atoms with Gasteiger partial charge in [-0.2, -0.15) is 5.10 Å².